The van der Waals surface area contributed by atoms with E-state index in [9.17, 15) is 9.90 Å². The number of carbonyl (C=O) groups is 1. The molecular formula is C30H47N7O2. The second-order valence-corrected chi connectivity index (χ2v) is 10.4. The van der Waals surface area contributed by atoms with Crippen LogP contribution in [0.5, 0.6) is 0 Å². The predicted octanol–water partition coefficient (Wildman–Crippen LogP) is 5.25. The first kappa shape index (κ1) is 30.5. The van der Waals surface area contributed by atoms with E-state index in [1.54, 1.807) is 12.4 Å². The molecule has 0 fully saturated rings. The summed E-state index contributed by atoms with van der Waals surface area (Å²) >= 11 is 0. The van der Waals surface area contributed by atoms with E-state index in [-0.39, 0.29) is 18.6 Å². The van der Waals surface area contributed by atoms with Crippen molar-refractivity contribution in [2.75, 3.05) is 32.7 Å². The van der Waals surface area contributed by atoms with Crippen LogP contribution in [0.1, 0.15) is 88.2 Å². The van der Waals surface area contributed by atoms with Crippen molar-refractivity contribution in [2.24, 2.45) is 0 Å². The van der Waals surface area contributed by atoms with E-state index in [2.05, 4.69) is 81.7 Å². The third-order valence-corrected chi connectivity index (χ3v) is 7.26. The van der Waals surface area contributed by atoms with Gasteiger partial charge in [-0.1, -0.05) is 38.1 Å². The number of rotatable bonds is 19. The standard InChI is InChI=1S/C30H47N7O2/c1-5-17-35(18-6-2)19-7-8-20-36(23-28(38)39)21-26-9-11-27(12-10-26)22-37(24(3)29-31-13-14-32-29)25(4)30-33-15-16-34-30/h9-16,24-25H,5-8,17-23H2,1-4H3,(H,31,32)(H,33,34)(H,38,39). The minimum absolute atomic E-state index is 0.0600. The first-order valence-corrected chi connectivity index (χ1v) is 14.4. The molecule has 9 nitrogen and oxygen atoms in total. The number of imidazole rings is 2. The van der Waals surface area contributed by atoms with E-state index in [0.717, 1.165) is 62.8 Å². The highest BCUT2D eigenvalue weighted by molar-refractivity contribution is 5.69. The number of unbranched alkanes of at least 4 members (excludes halogenated alkanes) is 1. The van der Waals surface area contributed by atoms with Gasteiger partial charge in [0.05, 0.1) is 18.6 Å². The van der Waals surface area contributed by atoms with Gasteiger partial charge in [-0.15, -0.1) is 0 Å². The molecule has 2 aromatic heterocycles. The Kier molecular flexibility index (Phi) is 12.7. The van der Waals surface area contributed by atoms with Crippen molar-refractivity contribution < 1.29 is 9.90 Å². The average molecular weight is 538 g/mol. The summed E-state index contributed by atoms with van der Waals surface area (Å²) in [5, 5.41) is 9.48. The number of aliphatic carboxylic acids is 1. The van der Waals surface area contributed by atoms with Crippen molar-refractivity contribution in [1.82, 2.24) is 34.6 Å². The largest absolute Gasteiger partial charge is 0.480 e. The predicted molar refractivity (Wildman–Crippen MR) is 155 cm³/mol. The fourth-order valence-corrected chi connectivity index (χ4v) is 5.20. The molecule has 0 aliphatic rings. The molecule has 0 bridgehead atoms. The van der Waals surface area contributed by atoms with Gasteiger partial charge in [-0.25, -0.2) is 9.97 Å². The molecular weight excluding hydrogens is 490 g/mol. The van der Waals surface area contributed by atoms with Gasteiger partial charge in [-0.2, -0.15) is 0 Å². The fraction of sp³-hybridized carbons (Fsp3) is 0.567. The Hall–Kier alpha value is -3.01. The molecule has 3 rings (SSSR count). The number of carboxylic acid groups (broad SMARTS) is 1. The third-order valence-electron chi connectivity index (χ3n) is 7.26. The SMILES string of the molecule is CCCN(CCC)CCCCN(CC(=O)O)Cc1ccc(CN(C(C)c2ncc[nH]2)C(C)c2ncc[nH]2)cc1. The number of aromatic amines is 2. The van der Waals surface area contributed by atoms with Crippen molar-refractivity contribution in [3.8, 4) is 0 Å². The molecule has 3 N–H and O–H groups in total. The molecule has 39 heavy (non-hydrogen) atoms. The minimum Gasteiger partial charge on any atom is -0.480 e. The van der Waals surface area contributed by atoms with E-state index in [1.165, 1.54) is 18.4 Å². The first-order valence-electron chi connectivity index (χ1n) is 14.4. The monoisotopic (exact) mass is 537 g/mol. The van der Waals surface area contributed by atoms with E-state index in [0.29, 0.717) is 6.54 Å². The van der Waals surface area contributed by atoms with Crippen molar-refractivity contribution in [3.63, 3.8) is 0 Å². The molecule has 0 saturated heterocycles. The molecule has 9 heteroatoms. The van der Waals surface area contributed by atoms with Crippen LogP contribution in [0, 0.1) is 0 Å². The number of hydrogen-bond acceptors (Lipinski definition) is 6. The molecule has 0 radical (unpaired) electrons. The quantitative estimate of drug-likeness (QED) is 0.180. The molecule has 2 heterocycles. The zero-order valence-corrected chi connectivity index (χ0v) is 24.1. The maximum atomic E-state index is 11.5. The average Bonchev–Trinajstić information content (AvgIpc) is 3.65. The van der Waals surface area contributed by atoms with Crippen molar-refractivity contribution in [3.05, 3.63) is 71.8 Å². The van der Waals surface area contributed by atoms with Crippen LogP contribution in [0.3, 0.4) is 0 Å². The number of benzene rings is 1. The van der Waals surface area contributed by atoms with Gasteiger partial charge in [0.25, 0.3) is 0 Å². The Bertz CT molecular complexity index is 1010. The maximum absolute atomic E-state index is 11.5. The Morgan fingerprint density at radius 3 is 1.72 bits per heavy atom. The topological polar surface area (TPSA) is 104 Å². The lowest BCUT2D eigenvalue weighted by atomic mass is 10.1. The summed E-state index contributed by atoms with van der Waals surface area (Å²) in [5.41, 5.74) is 2.32. The second-order valence-electron chi connectivity index (χ2n) is 10.4. The van der Waals surface area contributed by atoms with Gasteiger partial charge in [0.15, 0.2) is 0 Å². The lowest BCUT2D eigenvalue weighted by Crippen LogP contribution is -2.32. The van der Waals surface area contributed by atoms with Crippen molar-refractivity contribution in [1.29, 1.82) is 0 Å². The summed E-state index contributed by atoms with van der Waals surface area (Å²) < 4.78 is 0. The van der Waals surface area contributed by atoms with Gasteiger partial charge in [-0.05, 0) is 76.8 Å². The van der Waals surface area contributed by atoms with Gasteiger partial charge in [-0.3, -0.25) is 14.6 Å². The van der Waals surface area contributed by atoms with Crippen LogP contribution in [-0.4, -0.2) is 78.4 Å². The van der Waals surface area contributed by atoms with Gasteiger partial charge in [0.2, 0.25) is 0 Å². The number of hydrogen-bond donors (Lipinski definition) is 3. The minimum atomic E-state index is -0.778. The summed E-state index contributed by atoms with van der Waals surface area (Å²) in [6.07, 6.45) is 11.7. The Morgan fingerprint density at radius 2 is 1.28 bits per heavy atom. The summed E-state index contributed by atoms with van der Waals surface area (Å²) in [7, 11) is 0. The Balaban J connectivity index is 1.61. The van der Waals surface area contributed by atoms with Gasteiger partial charge in [0.1, 0.15) is 11.6 Å². The third kappa shape index (κ3) is 9.91. The smallest absolute Gasteiger partial charge is 0.317 e. The lowest BCUT2D eigenvalue weighted by Gasteiger charge is -2.32. The molecule has 0 spiro atoms. The second kappa shape index (κ2) is 16.2. The van der Waals surface area contributed by atoms with Crippen LogP contribution >= 0.6 is 0 Å². The van der Waals surface area contributed by atoms with Crippen LogP contribution in [0.15, 0.2) is 49.1 Å². The highest BCUT2D eigenvalue weighted by Crippen LogP contribution is 2.29. The zero-order valence-electron chi connectivity index (χ0n) is 24.1. The molecule has 0 saturated carbocycles. The number of nitrogens with one attached hydrogen (secondary N) is 2. The van der Waals surface area contributed by atoms with E-state index < -0.39 is 5.97 Å². The van der Waals surface area contributed by atoms with E-state index in [4.69, 9.17) is 0 Å². The zero-order chi connectivity index (χ0) is 28.0. The van der Waals surface area contributed by atoms with Gasteiger partial charge >= 0.3 is 5.97 Å². The van der Waals surface area contributed by atoms with Crippen LogP contribution in [0.25, 0.3) is 0 Å². The Morgan fingerprint density at radius 1 is 0.795 bits per heavy atom. The molecule has 214 valence electrons. The van der Waals surface area contributed by atoms with Crippen LogP contribution in [-0.2, 0) is 17.9 Å². The van der Waals surface area contributed by atoms with E-state index in [1.807, 2.05) is 17.3 Å². The number of aromatic nitrogens is 4. The maximum Gasteiger partial charge on any atom is 0.317 e. The Labute approximate surface area is 233 Å². The summed E-state index contributed by atoms with van der Waals surface area (Å²) in [5.74, 6) is 1.06. The first-order chi connectivity index (χ1) is 18.9. The molecule has 2 atom stereocenters. The fourth-order valence-electron chi connectivity index (χ4n) is 5.20. The summed E-state index contributed by atoms with van der Waals surface area (Å²) in [6, 6.07) is 8.69. The van der Waals surface area contributed by atoms with Gasteiger partial charge < -0.3 is 20.0 Å². The van der Waals surface area contributed by atoms with Crippen LogP contribution in [0.4, 0.5) is 0 Å². The summed E-state index contributed by atoms with van der Waals surface area (Å²) in [4.78, 5) is 33.9. The van der Waals surface area contributed by atoms with Crippen molar-refractivity contribution >= 4 is 5.97 Å². The molecule has 3 aromatic rings. The molecule has 2 unspecified atom stereocenters. The molecule has 0 amide bonds. The van der Waals surface area contributed by atoms with Crippen LogP contribution in [0.2, 0.25) is 0 Å². The molecule has 0 aliphatic carbocycles. The van der Waals surface area contributed by atoms with Gasteiger partial charge in [0, 0.05) is 37.9 Å². The van der Waals surface area contributed by atoms with Crippen molar-refractivity contribution in [2.45, 2.75) is 78.6 Å². The highest BCUT2D eigenvalue weighted by atomic mass is 16.4. The highest BCUT2D eigenvalue weighted by Gasteiger charge is 2.26. The molecule has 0 aliphatic heterocycles. The number of nitrogens with zero attached hydrogens (tertiary/aromatic N) is 5. The van der Waals surface area contributed by atoms with Crippen LogP contribution < -0.4 is 0 Å². The molecule has 1 aromatic carbocycles. The summed E-state index contributed by atoms with van der Waals surface area (Å²) in [6.45, 7) is 14.3. The normalized spacial score (nSPS) is 13.4. The number of H-pyrrole nitrogens is 2. The van der Waals surface area contributed by atoms with E-state index >= 15 is 0 Å². The lowest BCUT2D eigenvalue weighted by molar-refractivity contribution is -0.138. The number of carboxylic acids is 1.